The van der Waals surface area contributed by atoms with Crippen LogP contribution in [0.5, 0.6) is 0 Å². The number of carboxylic acids is 1. The van der Waals surface area contributed by atoms with Gasteiger partial charge < -0.3 is 10.4 Å². The summed E-state index contributed by atoms with van der Waals surface area (Å²) in [5.41, 5.74) is 1.67. The number of para-hydroxylation sites is 1. The van der Waals surface area contributed by atoms with Gasteiger partial charge >= 0.3 is 5.97 Å². The van der Waals surface area contributed by atoms with Crippen LogP contribution in [-0.4, -0.2) is 22.6 Å². The fourth-order valence-corrected chi connectivity index (χ4v) is 1.80. The van der Waals surface area contributed by atoms with E-state index in [1.807, 2.05) is 24.3 Å². The number of hydrogen-bond acceptors (Lipinski definition) is 3. The normalized spacial score (nSPS) is 10.8. The first kappa shape index (κ1) is 12.4. The minimum absolute atomic E-state index is 0.217. The van der Waals surface area contributed by atoms with Gasteiger partial charge in [0.05, 0.1) is 11.2 Å². The van der Waals surface area contributed by atoms with Gasteiger partial charge in [-0.05, 0) is 12.0 Å². The minimum Gasteiger partial charge on any atom is -0.478 e. The number of pyridine rings is 1. The predicted molar refractivity (Wildman–Crippen MR) is 72.0 cm³/mol. The molecule has 0 fully saturated rings. The summed E-state index contributed by atoms with van der Waals surface area (Å²) in [4.78, 5) is 15.4. The van der Waals surface area contributed by atoms with Crippen LogP contribution in [0.15, 0.2) is 30.5 Å². The van der Waals surface area contributed by atoms with Gasteiger partial charge in [0, 0.05) is 18.1 Å². The number of nitrogens with one attached hydrogen (secondary N) is 1. The Morgan fingerprint density at radius 2 is 2.11 bits per heavy atom. The molecule has 0 aliphatic carbocycles. The van der Waals surface area contributed by atoms with Crippen molar-refractivity contribution in [2.75, 3.05) is 11.9 Å². The maximum Gasteiger partial charge on any atom is 0.339 e. The molecule has 4 heteroatoms. The molecule has 2 aromatic rings. The third-order valence-corrected chi connectivity index (χ3v) is 2.69. The van der Waals surface area contributed by atoms with Crippen LogP contribution in [-0.2, 0) is 0 Å². The first-order valence-corrected chi connectivity index (χ1v) is 5.94. The van der Waals surface area contributed by atoms with Crippen LogP contribution in [0.2, 0.25) is 0 Å². The van der Waals surface area contributed by atoms with Crippen LogP contribution in [0.25, 0.3) is 10.9 Å². The number of carbonyl (C=O) groups is 1. The SMILES string of the molecule is CC(C)CNc1c(C(=O)O)cnc2ccccc12. The standard InChI is InChI=1S/C14H16N2O2/c1-9(2)7-16-13-10-5-3-4-6-12(10)15-8-11(13)14(17)18/h3-6,8-9H,7H2,1-2H3,(H,15,16)(H,17,18). The molecule has 0 atom stereocenters. The van der Waals surface area contributed by atoms with E-state index in [-0.39, 0.29) is 5.56 Å². The lowest BCUT2D eigenvalue weighted by atomic mass is 10.1. The number of hydrogen-bond donors (Lipinski definition) is 2. The molecular formula is C14H16N2O2. The molecule has 0 unspecified atom stereocenters. The van der Waals surface area contributed by atoms with Crippen LogP contribution >= 0.6 is 0 Å². The van der Waals surface area contributed by atoms with Crippen LogP contribution in [0, 0.1) is 5.92 Å². The van der Waals surface area contributed by atoms with Gasteiger partial charge in [-0.15, -0.1) is 0 Å². The molecule has 0 spiro atoms. The summed E-state index contributed by atoms with van der Waals surface area (Å²) in [5.74, 6) is -0.516. The minimum atomic E-state index is -0.959. The molecule has 0 saturated carbocycles. The Kier molecular flexibility index (Phi) is 3.46. The lowest BCUT2D eigenvalue weighted by molar-refractivity contribution is 0.0697. The van der Waals surface area contributed by atoms with Gasteiger partial charge in [-0.3, -0.25) is 4.98 Å². The fourth-order valence-electron chi connectivity index (χ4n) is 1.80. The smallest absolute Gasteiger partial charge is 0.339 e. The van der Waals surface area contributed by atoms with Crippen molar-refractivity contribution in [3.63, 3.8) is 0 Å². The van der Waals surface area contributed by atoms with Gasteiger partial charge in [0.2, 0.25) is 0 Å². The van der Waals surface area contributed by atoms with Crippen molar-refractivity contribution in [3.8, 4) is 0 Å². The van der Waals surface area contributed by atoms with Crippen molar-refractivity contribution in [1.29, 1.82) is 0 Å². The Balaban J connectivity index is 2.55. The lowest BCUT2D eigenvalue weighted by Crippen LogP contribution is -2.12. The highest BCUT2D eigenvalue weighted by molar-refractivity contribution is 6.04. The molecule has 0 bridgehead atoms. The quantitative estimate of drug-likeness (QED) is 0.867. The van der Waals surface area contributed by atoms with Crippen molar-refractivity contribution in [1.82, 2.24) is 4.98 Å². The molecule has 2 N–H and O–H groups in total. The van der Waals surface area contributed by atoms with Gasteiger partial charge in [-0.1, -0.05) is 32.0 Å². The number of aromatic carboxylic acids is 1. The maximum absolute atomic E-state index is 11.2. The zero-order valence-corrected chi connectivity index (χ0v) is 10.5. The topological polar surface area (TPSA) is 62.2 Å². The van der Waals surface area contributed by atoms with E-state index >= 15 is 0 Å². The van der Waals surface area contributed by atoms with E-state index < -0.39 is 5.97 Å². The van der Waals surface area contributed by atoms with Gasteiger partial charge in [-0.2, -0.15) is 0 Å². The molecule has 1 aromatic carbocycles. The molecule has 1 aromatic heterocycles. The van der Waals surface area contributed by atoms with Crippen LogP contribution in [0.4, 0.5) is 5.69 Å². The molecule has 0 radical (unpaired) electrons. The highest BCUT2D eigenvalue weighted by Gasteiger charge is 2.14. The number of rotatable bonds is 4. The molecule has 18 heavy (non-hydrogen) atoms. The number of benzene rings is 1. The molecule has 2 rings (SSSR count). The van der Waals surface area contributed by atoms with Gasteiger partial charge in [-0.25, -0.2) is 4.79 Å². The van der Waals surface area contributed by atoms with E-state index in [0.29, 0.717) is 11.6 Å². The van der Waals surface area contributed by atoms with Crippen LogP contribution < -0.4 is 5.32 Å². The second-order valence-corrected chi connectivity index (χ2v) is 4.64. The Bertz CT molecular complexity index is 579. The third-order valence-electron chi connectivity index (χ3n) is 2.69. The van der Waals surface area contributed by atoms with Crippen molar-refractivity contribution in [2.45, 2.75) is 13.8 Å². The number of fused-ring (bicyclic) bond motifs is 1. The lowest BCUT2D eigenvalue weighted by Gasteiger charge is -2.14. The Morgan fingerprint density at radius 3 is 2.78 bits per heavy atom. The summed E-state index contributed by atoms with van der Waals surface area (Å²) < 4.78 is 0. The van der Waals surface area contributed by atoms with Gasteiger partial charge in [0.1, 0.15) is 5.56 Å². The first-order chi connectivity index (χ1) is 8.59. The Morgan fingerprint density at radius 1 is 1.39 bits per heavy atom. The van der Waals surface area contributed by atoms with Crippen molar-refractivity contribution < 1.29 is 9.90 Å². The molecule has 94 valence electrons. The Labute approximate surface area is 106 Å². The fraction of sp³-hybridized carbons (Fsp3) is 0.286. The summed E-state index contributed by atoms with van der Waals surface area (Å²) in [6.07, 6.45) is 1.41. The Hall–Kier alpha value is -2.10. The van der Waals surface area contributed by atoms with Crippen molar-refractivity contribution >= 4 is 22.6 Å². The van der Waals surface area contributed by atoms with Crippen LogP contribution in [0.3, 0.4) is 0 Å². The van der Waals surface area contributed by atoms with Crippen LogP contribution in [0.1, 0.15) is 24.2 Å². The molecule has 1 heterocycles. The van der Waals surface area contributed by atoms with Gasteiger partial charge in [0.25, 0.3) is 0 Å². The molecule has 0 aliphatic rings. The summed E-state index contributed by atoms with van der Waals surface area (Å²) in [5, 5.41) is 13.3. The maximum atomic E-state index is 11.2. The van der Waals surface area contributed by atoms with Crippen molar-refractivity contribution in [3.05, 3.63) is 36.0 Å². The largest absolute Gasteiger partial charge is 0.478 e. The summed E-state index contributed by atoms with van der Waals surface area (Å²) in [7, 11) is 0. The number of nitrogens with zero attached hydrogens (tertiary/aromatic N) is 1. The van der Waals surface area contributed by atoms with E-state index in [9.17, 15) is 9.90 Å². The van der Waals surface area contributed by atoms with E-state index in [1.165, 1.54) is 6.20 Å². The zero-order chi connectivity index (χ0) is 13.1. The molecule has 0 aliphatic heterocycles. The molecule has 0 saturated heterocycles. The van der Waals surface area contributed by atoms with Crippen molar-refractivity contribution in [2.24, 2.45) is 5.92 Å². The monoisotopic (exact) mass is 244 g/mol. The average molecular weight is 244 g/mol. The summed E-state index contributed by atoms with van der Waals surface area (Å²) in [6.45, 7) is 4.89. The van der Waals surface area contributed by atoms with E-state index in [1.54, 1.807) is 0 Å². The second-order valence-electron chi connectivity index (χ2n) is 4.64. The predicted octanol–water partition coefficient (Wildman–Crippen LogP) is 3.00. The highest BCUT2D eigenvalue weighted by Crippen LogP contribution is 2.26. The zero-order valence-electron chi connectivity index (χ0n) is 10.5. The molecule has 4 nitrogen and oxygen atoms in total. The summed E-state index contributed by atoms with van der Waals surface area (Å²) >= 11 is 0. The second kappa shape index (κ2) is 5.04. The highest BCUT2D eigenvalue weighted by atomic mass is 16.4. The first-order valence-electron chi connectivity index (χ1n) is 5.94. The van der Waals surface area contributed by atoms with Gasteiger partial charge in [0.15, 0.2) is 0 Å². The molecule has 0 amide bonds. The van der Waals surface area contributed by atoms with E-state index in [2.05, 4.69) is 24.1 Å². The molecular weight excluding hydrogens is 228 g/mol. The average Bonchev–Trinajstić information content (AvgIpc) is 2.35. The number of anilines is 1. The number of aromatic nitrogens is 1. The third kappa shape index (κ3) is 2.42. The number of carboxylic acid groups (broad SMARTS) is 1. The summed E-state index contributed by atoms with van der Waals surface area (Å²) in [6, 6.07) is 7.54. The van der Waals surface area contributed by atoms with E-state index in [0.717, 1.165) is 17.4 Å². The van der Waals surface area contributed by atoms with E-state index in [4.69, 9.17) is 0 Å².